The fourth-order valence-corrected chi connectivity index (χ4v) is 5.57. The van der Waals surface area contributed by atoms with Gasteiger partial charge in [0.1, 0.15) is 23.0 Å². The molecule has 0 saturated carbocycles. The highest BCUT2D eigenvalue weighted by atomic mass is 32.1. The summed E-state index contributed by atoms with van der Waals surface area (Å²) in [5.74, 6) is 0.133. The number of nitrogens with two attached hydrogens (primary N) is 1. The first-order chi connectivity index (χ1) is 20.2. The Hall–Kier alpha value is -4.22. The van der Waals surface area contributed by atoms with Crippen molar-refractivity contribution in [1.82, 2.24) is 10.6 Å². The third kappa shape index (κ3) is 5.62. The van der Waals surface area contributed by atoms with E-state index in [1.54, 1.807) is 24.3 Å². The molecule has 0 radical (unpaired) electrons. The van der Waals surface area contributed by atoms with Crippen LogP contribution in [-0.2, 0) is 15.1 Å². The summed E-state index contributed by atoms with van der Waals surface area (Å²) in [6.45, 7) is 0.963. The molecule has 3 aromatic rings. The number of aromatic hydroxyl groups is 2. The number of carbonyl (C=O) groups excluding carboxylic acids is 3. The molecular formula is C31H33N3O7S. The quantitative estimate of drug-likeness (QED) is 0.112. The summed E-state index contributed by atoms with van der Waals surface area (Å²) in [7, 11) is 0. The van der Waals surface area contributed by atoms with Gasteiger partial charge < -0.3 is 36.1 Å². The number of amides is 2. The summed E-state index contributed by atoms with van der Waals surface area (Å²) in [6.07, 6.45) is 3.59. The Morgan fingerprint density at radius 2 is 1.48 bits per heavy atom. The number of unbranched alkanes of at least 4 members (excludes halogenated alkanes) is 2. The average molecular weight is 592 g/mol. The van der Waals surface area contributed by atoms with Crippen LogP contribution in [0.5, 0.6) is 23.0 Å². The minimum Gasteiger partial charge on any atom is -0.508 e. The number of fused-ring (bicyclic) bond motifs is 6. The Morgan fingerprint density at radius 1 is 0.857 bits per heavy atom. The van der Waals surface area contributed by atoms with Crippen molar-refractivity contribution in [3.63, 3.8) is 0 Å². The lowest BCUT2D eigenvalue weighted by atomic mass is 9.77. The second kappa shape index (κ2) is 12.3. The number of esters is 1. The van der Waals surface area contributed by atoms with E-state index < -0.39 is 17.6 Å². The van der Waals surface area contributed by atoms with Gasteiger partial charge in [0.2, 0.25) is 5.91 Å². The van der Waals surface area contributed by atoms with E-state index >= 15 is 0 Å². The van der Waals surface area contributed by atoms with Gasteiger partial charge in [-0.2, -0.15) is 12.6 Å². The van der Waals surface area contributed by atoms with Crippen LogP contribution in [0.3, 0.4) is 0 Å². The van der Waals surface area contributed by atoms with Crippen LogP contribution in [-0.4, -0.2) is 52.9 Å². The van der Waals surface area contributed by atoms with Crippen molar-refractivity contribution in [3.8, 4) is 23.0 Å². The molecule has 2 aliphatic rings. The Balaban J connectivity index is 1.27. The molecule has 1 spiro atoms. The van der Waals surface area contributed by atoms with Crippen molar-refractivity contribution in [1.29, 1.82) is 0 Å². The lowest BCUT2D eigenvalue weighted by Crippen LogP contribution is -2.41. The topological polar surface area (TPSA) is 160 Å². The molecule has 0 bridgehead atoms. The second-order valence-corrected chi connectivity index (χ2v) is 10.8. The van der Waals surface area contributed by atoms with Crippen LogP contribution < -0.4 is 21.1 Å². The Labute approximate surface area is 248 Å². The monoisotopic (exact) mass is 591 g/mol. The van der Waals surface area contributed by atoms with E-state index in [2.05, 4.69) is 23.3 Å². The summed E-state index contributed by atoms with van der Waals surface area (Å²) >= 11 is 4.15. The van der Waals surface area contributed by atoms with Gasteiger partial charge in [0.15, 0.2) is 5.60 Å². The highest BCUT2D eigenvalue weighted by Crippen LogP contribution is 2.57. The molecule has 11 heteroatoms. The average Bonchev–Trinajstić information content (AvgIpc) is 3.26. The number of nitrogens with one attached hydrogen (secondary N) is 2. The fourth-order valence-electron chi connectivity index (χ4n) is 5.35. The van der Waals surface area contributed by atoms with Crippen LogP contribution in [0.25, 0.3) is 0 Å². The molecule has 0 aromatic heterocycles. The molecule has 42 heavy (non-hydrogen) atoms. The van der Waals surface area contributed by atoms with Gasteiger partial charge in [-0.15, -0.1) is 0 Å². The molecule has 0 unspecified atom stereocenters. The Bertz CT molecular complexity index is 1470. The predicted molar refractivity (Wildman–Crippen MR) is 158 cm³/mol. The maximum atomic E-state index is 13.2. The van der Waals surface area contributed by atoms with Gasteiger partial charge in [-0.05, 0) is 74.3 Å². The van der Waals surface area contributed by atoms with Crippen LogP contribution in [0.2, 0.25) is 0 Å². The number of benzene rings is 3. The molecule has 1 atom stereocenters. The second-order valence-electron chi connectivity index (χ2n) is 10.4. The Morgan fingerprint density at radius 3 is 2.14 bits per heavy atom. The summed E-state index contributed by atoms with van der Waals surface area (Å²) in [5, 5.41) is 25.8. The van der Waals surface area contributed by atoms with Crippen molar-refractivity contribution in [2.24, 2.45) is 5.73 Å². The zero-order valence-electron chi connectivity index (χ0n) is 22.9. The van der Waals surface area contributed by atoms with Crippen molar-refractivity contribution in [2.45, 2.75) is 43.7 Å². The van der Waals surface area contributed by atoms with Gasteiger partial charge in [-0.1, -0.05) is 6.07 Å². The number of hydrogen-bond acceptors (Lipinski definition) is 9. The molecule has 0 fully saturated rings. The summed E-state index contributed by atoms with van der Waals surface area (Å²) in [4.78, 5) is 38.2. The highest BCUT2D eigenvalue weighted by Gasteiger charge is 2.53. The number of phenolic OH excluding ortho intramolecular Hbond substituents is 2. The summed E-state index contributed by atoms with van der Waals surface area (Å²) in [5.41, 5.74) is 6.64. The van der Waals surface area contributed by atoms with Gasteiger partial charge in [0.05, 0.1) is 11.6 Å². The molecule has 0 aliphatic carbocycles. The number of ether oxygens (including phenoxy) is 2. The molecule has 2 heterocycles. The molecule has 220 valence electrons. The first-order valence-corrected chi connectivity index (χ1v) is 14.5. The number of carbonyl (C=O) groups is 3. The Kier molecular flexibility index (Phi) is 8.60. The molecule has 5 rings (SSSR count). The third-order valence-corrected chi connectivity index (χ3v) is 7.80. The highest BCUT2D eigenvalue weighted by molar-refractivity contribution is 7.80. The lowest BCUT2D eigenvalue weighted by molar-refractivity contribution is -0.122. The zero-order valence-corrected chi connectivity index (χ0v) is 23.8. The molecule has 6 N–H and O–H groups in total. The molecule has 10 nitrogen and oxygen atoms in total. The number of phenols is 2. The standard InChI is InChI=1S/C31H33N3O7S/c32-25(29(38)34-13-3-4-14-42)5-1-2-12-33-28(37)18-6-9-22-21(15-18)30(39)41-31(22)23-10-7-19(35)16-26(23)40-27-17-20(36)8-11-24(27)31/h6-11,15-17,25,35-36,42H,1-5,12-14,32H2,(H,33,37)(H,34,38)/t25-/m0/s1. The van der Waals surface area contributed by atoms with Crippen molar-refractivity contribution in [3.05, 3.63) is 82.4 Å². The minimum absolute atomic E-state index is 0.0331. The van der Waals surface area contributed by atoms with E-state index in [0.29, 0.717) is 54.6 Å². The third-order valence-electron chi connectivity index (χ3n) is 7.48. The normalized spacial score (nSPS) is 14.7. The van der Waals surface area contributed by atoms with E-state index in [4.69, 9.17) is 15.2 Å². The van der Waals surface area contributed by atoms with Crippen molar-refractivity contribution < 1.29 is 34.1 Å². The lowest BCUT2D eigenvalue weighted by Gasteiger charge is -2.36. The number of thiol groups is 1. The van der Waals surface area contributed by atoms with Gasteiger partial charge in [0.25, 0.3) is 5.91 Å². The number of hydrogen-bond donors (Lipinski definition) is 6. The van der Waals surface area contributed by atoms with E-state index in [1.165, 1.54) is 30.3 Å². The van der Waals surface area contributed by atoms with Crippen molar-refractivity contribution >= 4 is 30.4 Å². The van der Waals surface area contributed by atoms with E-state index in [-0.39, 0.29) is 40.4 Å². The smallest absolute Gasteiger partial charge is 0.340 e. The van der Waals surface area contributed by atoms with Gasteiger partial charge >= 0.3 is 5.97 Å². The van der Waals surface area contributed by atoms with E-state index in [9.17, 15) is 24.6 Å². The molecular weight excluding hydrogens is 558 g/mol. The van der Waals surface area contributed by atoms with Gasteiger partial charge in [0, 0.05) is 47.5 Å². The fraction of sp³-hybridized carbons (Fsp3) is 0.323. The molecule has 0 saturated heterocycles. The maximum Gasteiger partial charge on any atom is 0.340 e. The van der Waals surface area contributed by atoms with Crippen LogP contribution in [0.4, 0.5) is 0 Å². The molecule has 2 aliphatic heterocycles. The zero-order chi connectivity index (χ0) is 29.9. The van der Waals surface area contributed by atoms with Crippen LogP contribution in [0.1, 0.15) is 69.5 Å². The maximum absolute atomic E-state index is 13.2. The first-order valence-electron chi connectivity index (χ1n) is 13.9. The van der Waals surface area contributed by atoms with Crippen LogP contribution >= 0.6 is 12.6 Å². The largest absolute Gasteiger partial charge is 0.508 e. The van der Waals surface area contributed by atoms with Crippen LogP contribution in [0, 0.1) is 0 Å². The SMILES string of the molecule is N[C@@H](CCCCNC(=O)c1ccc2c(c1)C(=O)OC21c2ccc(O)cc2Oc2cc(O)ccc21)C(=O)NCCCCS. The first kappa shape index (κ1) is 29.3. The van der Waals surface area contributed by atoms with Crippen LogP contribution in [0.15, 0.2) is 54.6 Å². The van der Waals surface area contributed by atoms with E-state index in [1.807, 2.05) is 0 Å². The summed E-state index contributed by atoms with van der Waals surface area (Å²) in [6, 6.07) is 13.3. The summed E-state index contributed by atoms with van der Waals surface area (Å²) < 4.78 is 12.0. The van der Waals surface area contributed by atoms with Gasteiger partial charge in [-0.3, -0.25) is 9.59 Å². The molecule has 2 amide bonds. The van der Waals surface area contributed by atoms with Gasteiger partial charge in [-0.25, -0.2) is 4.79 Å². The predicted octanol–water partition coefficient (Wildman–Crippen LogP) is 3.72. The number of rotatable bonds is 11. The minimum atomic E-state index is -1.39. The molecule has 3 aromatic carbocycles. The van der Waals surface area contributed by atoms with Crippen molar-refractivity contribution in [2.75, 3.05) is 18.8 Å². The van der Waals surface area contributed by atoms with E-state index in [0.717, 1.165) is 18.6 Å².